The molecule has 0 saturated carbocycles. The number of aromatic nitrogens is 1. The fourth-order valence-electron chi connectivity index (χ4n) is 4.11. The van der Waals surface area contributed by atoms with E-state index in [1.54, 1.807) is 12.4 Å². The molecule has 1 aromatic rings. The zero-order valence-electron chi connectivity index (χ0n) is 15.3. The predicted octanol–water partition coefficient (Wildman–Crippen LogP) is 2.13. The number of rotatable bonds is 3. The van der Waals surface area contributed by atoms with Crippen molar-refractivity contribution in [3.8, 4) is 0 Å². The van der Waals surface area contributed by atoms with E-state index < -0.39 is 0 Å². The lowest BCUT2D eigenvalue weighted by Gasteiger charge is -2.46. The van der Waals surface area contributed by atoms with Crippen LogP contribution >= 0.6 is 12.2 Å². The molecule has 1 amide bonds. The van der Waals surface area contributed by atoms with E-state index in [0.717, 1.165) is 49.7 Å². The molecule has 4 rings (SSSR count). The second kappa shape index (κ2) is 7.78. The molecule has 1 aromatic heterocycles. The standard InChI is InChI=1S/C20H25N5OS/c26-18-14-22-20(25(18)15-16-4-2-1-3-5-16)8-12-24(13-9-20)19(27)23-17-6-10-21-11-7-17/h1-4,6-7,10-11,16,22H,5,8-9,12-15H2,(H,21,23,27). The van der Waals surface area contributed by atoms with Gasteiger partial charge in [0.1, 0.15) is 0 Å². The largest absolute Gasteiger partial charge is 0.349 e. The van der Waals surface area contributed by atoms with E-state index in [9.17, 15) is 4.79 Å². The number of pyridine rings is 1. The van der Waals surface area contributed by atoms with Crippen LogP contribution in [0.2, 0.25) is 0 Å². The molecule has 2 N–H and O–H groups in total. The van der Waals surface area contributed by atoms with Crippen molar-refractivity contribution in [2.24, 2.45) is 5.92 Å². The van der Waals surface area contributed by atoms with Crippen LogP contribution in [0.5, 0.6) is 0 Å². The zero-order chi connectivity index (χ0) is 18.7. The number of likely N-dealkylation sites (tertiary alicyclic amines) is 1. The van der Waals surface area contributed by atoms with E-state index in [0.29, 0.717) is 12.5 Å². The molecule has 1 unspecified atom stereocenters. The normalized spacial score (nSPS) is 23.9. The molecule has 0 bridgehead atoms. The van der Waals surface area contributed by atoms with Gasteiger partial charge in [-0.1, -0.05) is 24.3 Å². The number of thiocarbonyl (C=S) groups is 1. The zero-order valence-corrected chi connectivity index (χ0v) is 16.1. The van der Waals surface area contributed by atoms with Gasteiger partial charge in [0.05, 0.1) is 12.2 Å². The van der Waals surface area contributed by atoms with E-state index in [-0.39, 0.29) is 11.6 Å². The van der Waals surface area contributed by atoms with Gasteiger partial charge in [-0.05, 0) is 36.7 Å². The summed E-state index contributed by atoms with van der Waals surface area (Å²) in [6.45, 7) is 2.88. The van der Waals surface area contributed by atoms with E-state index in [1.165, 1.54) is 0 Å². The highest BCUT2D eigenvalue weighted by atomic mass is 32.1. The average Bonchev–Trinajstić information content (AvgIpc) is 3.00. The lowest BCUT2D eigenvalue weighted by molar-refractivity contribution is -0.132. The fraction of sp³-hybridized carbons (Fsp3) is 0.450. The molecular weight excluding hydrogens is 358 g/mol. The molecule has 1 atom stereocenters. The van der Waals surface area contributed by atoms with Gasteiger partial charge >= 0.3 is 0 Å². The van der Waals surface area contributed by atoms with Crippen molar-refractivity contribution in [1.29, 1.82) is 0 Å². The molecule has 6 nitrogen and oxygen atoms in total. The molecule has 1 spiro atoms. The number of carbonyl (C=O) groups is 1. The quantitative estimate of drug-likeness (QED) is 0.780. The van der Waals surface area contributed by atoms with Crippen LogP contribution in [0.4, 0.5) is 5.69 Å². The molecule has 3 heterocycles. The first kappa shape index (κ1) is 18.1. The summed E-state index contributed by atoms with van der Waals surface area (Å²) in [6, 6.07) is 3.81. The van der Waals surface area contributed by atoms with Gasteiger partial charge in [0, 0.05) is 50.6 Å². The lowest BCUT2D eigenvalue weighted by atomic mass is 9.93. The van der Waals surface area contributed by atoms with E-state index >= 15 is 0 Å². The summed E-state index contributed by atoms with van der Waals surface area (Å²) in [6.07, 6.45) is 14.8. The number of allylic oxidation sites excluding steroid dienone is 3. The Morgan fingerprint density at radius 3 is 2.78 bits per heavy atom. The Morgan fingerprint density at radius 1 is 1.30 bits per heavy atom. The minimum atomic E-state index is -0.227. The van der Waals surface area contributed by atoms with Gasteiger partial charge in [0.15, 0.2) is 5.11 Å². The highest BCUT2D eigenvalue weighted by Crippen LogP contribution is 2.32. The number of hydrogen-bond donors (Lipinski definition) is 2. The number of piperidine rings is 1. The summed E-state index contributed by atoms with van der Waals surface area (Å²) >= 11 is 5.58. The van der Waals surface area contributed by atoms with Crippen molar-refractivity contribution in [3.63, 3.8) is 0 Å². The number of nitrogens with zero attached hydrogens (tertiary/aromatic N) is 3. The molecule has 2 aliphatic heterocycles. The number of nitrogens with one attached hydrogen (secondary N) is 2. The van der Waals surface area contributed by atoms with Crippen LogP contribution in [0.1, 0.15) is 19.3 Å². The molecule has 142 valence electrons. The Labute approximate surface area is 165 Å². The minimum Gasteiger partial charge on any atom is -0.349 e. The van der Waals surface area contributed by atoms with Crippen molar-refractivity contribution in [2.45, 2.75) is 24.9 Å². The van der Waals surface area contributed by atoms with Gasteiger partial charge in [0.2, 0.25) is 5.91 Å². The molecule has 3 aliphatic rings. The number of amides is 1. The third-order valence-electron chi connectivity index (χ3n) is 5.68. The first-order valence-corrected chi connectivity index (χ1v) is 9.92. The maximum Gasteiger partial charge on any atom is 0.238 e. The Bertz CT molecular complexity index is 755. The number of carbonyl (C=O) groups excluding carboxylic acids is 1. The van der Waals surface area contributed by atoms with Gasteiger partial charge in [-0.15, -0.1) is 0 Å². The second-order valence-corrected chi connectivity index (χ2v) is 7.74. The van der Waals surface area contributed by atoms with Crippen LogP contribution in [-0.4, -0.2) is 57.6 Å². The smallest absolute Gasteiger partial charge is 0.238 e. The summed E-state index contributed by atoms with van der Waals surface area (Å²) in [5, 5.41) is 7.51. The highest BCUT2D eigenvalue weighted by molar-refractivity contribution is 7.80. The molecule has 0 radical (unpaired) electrons. The Hall–Kier alpha value is -2.25. The first-order chi connectivity index (χ1) is 13.2. The molecule has 7 heteroatoms. The molecule has 27 heavy (non-hydrogen) atoms. The summed E-state index contributed by atoms with van der Waals surface area (Å²) in [5.74, 6) is 0.618. The minimum absolute atomic E-state index is 0.212. The Kier molecular flexibility index (Phi) is 5.22. The van der Waals surface area contributed by atoms with E-state index in [4.69, 9.17) is 12.2 Å². The topological polar surface area (TPSA) is 60.5 Å². The monoisotopic (exact) mass is 383 g/mol. The third-order valence-corrected chi connectivity index (χ3v) is 6.04. The first-order valence-electron chi connectivity index (χ1n) is 9.51. The van der Waals surface area contributed by atoms with Crippen LogP contribution in [0, 0.1) is 5.92 Å². The van der Waals surface area contributed by atoms with Gasteiger partial charge in [-0.25, -0.2) is 0 Å². The van der Waals surface area contributed by atoms with Gasteiger partial charge in [-0.2, -0.15) is 0 Å². The van der Waals surface area contributed by atoms with Crippen molar-refractivity contribution < 1.29 is 4.79 Å². The van der Waals surface area contributed by atoms with Gasteiger partial charge in [-0.3, -0.25) is 15.1 Å². The number of hydrogen-bond acceptors (Lipinski definition) is 4. The van der Waals surface area contributed by atoms with Crippen LogP contribution in [0.25, 0.3) is 0 Å². The molecule has 2 fully saturated rings. The Morgan fingerprint density at radius 2 is 2.07 bits per heavy atom. The molecule has 0 aromatic carbocycles. The van der Waals surface area contributed by atoms with Crippen molar-refractivity contribution in [2.75, 3.05) is 31.5 Å². The summed E-state index contributed by atoms with van der Waals surface area (Å²) in [4.78, 5) is 20.8. The molecule has 2 saturated heterocycles. The highest BCUT2D eigenvalue weighted by Gasteiger charge is 2.47. The van der Waals surface area contributed by atoms with Crippen molar-refractivity contribution >= 4 is 28.9 Å². The predicted molar refractivity (Wildman–Crippen MR) is 110 cm³/mol. The summed E-state index contributed by atoms with van der Waals surface area (Å²) in [5.41, 5.74) is 0.720. The van der Waals surface area contributed by atoms with Crippen LogP contribution in [0.3, 0.4) is 0 Å². The van der Waals surface area contributed by atoms with Crippen molar-refractivity contribution in [3.05, 3.63) is 48.8 Å². The third kappa shape index (κ3) is 3.89. The Balaban J connectivity index is 1.37. The van der Waals surface area contributed by atoms with Crippen molar-refractivity contribution in [1.82, 2.24) is 20.1 Å². The van der Waals surface area contributed by atoms with Crippen LogP contribution in [0.15, 0.2) is 48.8 Å². The summed E-state index contributed by atoms with van der Waals surface area (Å²) < 4.78 is 0. The summed E-state index contributed by atoms with van der Waals surface area (Å²) in [7, 11) is 0. The van der Waals surface area contributed by atoms with E-state index in [1.807, 2.05) is 12.1 Å². The fourth-order valence-corrected chi connectivity index (χ4v) is 4.41. The average molecular weight is 384 g/mol. The van der Waals surface area contributed by atoms with Gasteiger partial charge in [0.25, 0.3) is 0 Å². The maximum absolute atomic E-state index is 12.5. The van der Waals surface area contributed by atoms with Gasteiger partial charge < -0.3 is 15.1 Å². The molecule has 1 aliphatic carbocycles. The lowest BCUT2D eigenvalue weighted by Crippen LogP contribution is -2.60. The number of anilines is 1. The second-order valence-electron chi connectivity index (χ2n) is 7.35. The van der Waals surface area contributed by atoms with E-state index in [2.05, 4.69) is 49.7 Å². The SMILES string of the molecule is O=C1CNC2(CCN(C(=S)Nc3ccncc3)CC2)N1CC1C=CC=CC1. The maximum atomic E-state index is 12.5. The van der Waals surface area contributed by atoms with Crippen LogP contribution in [-0.2, 0) is 4.79 Å². The molecular formula is C20H25N5OS. The van der Waals surface area contributed by atoms with Crippen LogP contribution < -0.4 is 10.6 Å².